The zero-order chi connectivity index (χ0) is 23.4. The summed E-state index contributed by atoms with van der Waals surface area (Å²) in [6.45, 7) is 0. The number of imide groups is 1. The van der Waals surface area contributed by atoms with E-state index in [1.165, 1.54) is 28.0 Å². The molecule has 172 valence electrons. The van der Waals surface area contributed by atoms with Gasteiger partial charge in [-0.2, -0.15) is 0 Å². The van der Waals surface area contributed by atoms with Crippen LogP contribution in [0.2, 0.25) is 0 Å². The van der Waals surface area contributed by atoms with Gasteiger partial charge in [-0.25, -0.2) is 9.88 Å². The zero-order valence-corrected chi connectivity index (χ0v) is 19.9. The molecular weight excluding hydrogens is 470 g/mol. The molecule has 3 aromatic rings. The third kappa shape index (κ3) is 3.50. The number of aromatic nitrogens is 1. The van der Waals surface area contributed by atoms with E-state index in [4.69, 9.17) is 4.74 Å². The molecule has 9 heteroatoms. The summed E-state index contributed by atoms with van der Waals surface area (Å²) in [5.74, 6) is 0.613. The molecule has 0 spiro atoms. The molecule has 6 rings (SSSR count). The Kier molecular flexibility index (Phi) is 5.18. The number of benzene rings is 2. The second-order valence-corrected chi connectivity index (χ2v) is 11.0. The molecular formula is C25H21N3O4S2. The molecule has 2 fully saturated rings. The van der Waals surface area contributed by atoms with Crippen LogP contribution in [0, 0.1) is 23.7 Å². The predicted molar refractivity (Wildman–Crippen MR) is 132 cm³/mol. The van der Waals surface area contributed by atoms with Gasteiger partial charge in [0.1, 0.15) is 5.75 Å². The highest BCUT2D eigenvalue weighted by Crippen LogP contribution is 2.53. The fraction of sp³-hybridized carbons (Fsp3) is 0.280. The lowest BCUT2D eigenvalue weighted by Gasteiger charge is -2.17. The number of fused-ring (bicyclic) bond motifs is 6. The van der Waals surface area contributed by atoms with Gasteiger partial charge in [0.2, 0.25) is 17.7 Å². The molecule has 1 N–H and O–H groups in total. The molecule has 1 aromatic heterocycles. The molecule has 1 saturated carbocycles. The van der Waals surface area contributed by atoms with Gasteiger partial charge in [0.25, 0.3) is 0 Å². The molecule has 3 amide bonds. The Balaban J connectivity index is 1.14. The summed E-state index contributed by atoms with van der Waals surface area (Å²) in [7, 11) is 1.60. The summed E-state index contributed by atoms with van der Waals surface area (Å²) >= 11 is 2.81. The van der Waals surface area contributed by atoms with Crippen molar-refractivity contribution in [1.29, 1.82) is 0 Å². The van der Waals surface area contributed by atoms with E-state index in [1.807, 2.05) is 12.1 Å². The van der Waals surface area contributed by atoms with Crippen LogP contribution in [0.3, 0.4) is 0 Å². The second kappa shape index (κ2) is 8.25. The first kappa shape index (κ1) is 21.4. The number of carbonyl (C=O) groups is 3. The minimum absolute atomic E-state index is 0.0829. The Labute approximate surface area is 204 Å². The minimum atomic E-state index is -0.213. The Bertz CT molecular complexity index is 1320. The van der Waals surface area contributed by atoms with E-state index < -0.39 is 0 Å². The summed E-state index contributed by atoms with van der Waals surface area (Å²) in [6.07, 6.45) is 5.11. The normalized spacial score (nSPS) is 24.8. The standard InChI is InChI=1S/C25H21N3O4S2/c1-32-17-7-4-15(5-8-17)26-20(29)12-33-25-27-18-9-6-16(11-19(18)34-25)28-23(30)21-13-2-3-14(10-13)22(21)24(28)31/h2-9,11,13-14,21-22H,10,12H2,1H3,(H,26,29)/t13-,14-,21+,22+/m0/s1. The topological polar surface area (TPSA) is 88.6 Å². The van der Waals surface area contributed by atoms with Gasteiger partial charge < -0.3 is 10.1 Å². The number of thiazole rings is 1. The molecule has 1 aliphatic heterocycles. The average molecular weight is 492 g/mol. The summed E-state index contributed by atoms with van der Waals surface area (Å²) in [4.78, 5) is 44.5. The number of amides is 3. The van der Waals surface area contributed by atoms with E-state index in [0.29, 0.717) is 11.4 Å². The molecule has 7 nitrogen and oxygen atoms in total. The van der Waals surface area contributed by atoms with Gasteiger partial charge in [-0.05, 0) is 60.7 Å². The maximum atomic E-state index is 13.1. The number of anilines is 2. The van der Waals surface area contributed by atoms with Crippen molar-refractivity contribution < 1.29 is 19.1 Å². The number of methoxy groups -OCH3 is 1. The fourth-order valence-corrected chi connectivity index (χ4v) is 7.15. The van der Waals surface area contributed by atoms with Crippen LogP contribution in [-0.2, 0) is 14.4 Å². The van der Waals surface area contributed by atoms with Crippen LogP contribution in [0.5, 0.6) is 5.75 Å². The van der Waals surface area contributed by atoms with Crippen molar-refractivity contribution >= 4 is 62.4 Å². The molecule has 2 aliphatic carbocycles. The first-order valence-corrected chi connectivity index (χ1v) is 12.9. The van der Waals surface area contributed by atoms with Crippen LogP contribution >= 0.6 is 23.1 Å². The largest absolute Gasteiger partial charge is 0.497 e. The van der Waals surface area contributed by atoms with Crippen molar-refractivity contribution in [3.8, 4) is 5.75 Å². The highest BCUT2D eigenvalue weighted by Gasteiger charge is 2.59. The maximum Gasteiger partial charge on any atom is 0.238 e. The molecule has 2 heterocycles. The van der Waals surface area contributed by atoms with Gasteiger partial charge in [-0.15, -0.1) is 11.3 Å². The first-order chi connectivity index (χ1) is 16.5. The SMILES string of the molecule is COc1ccc(NC(=O)CSc2nc3ccc(N4C(=O)[C@H]5[C@H](C4=O)[C@H]4C=C[C@H]5C4)cc3s2)cc1. The van der Waals surface area contributed by atoms with Crippen molar-refractivity contribution in [1.82, 2.24) is 4.98 Å². The third-order valence-corrected chi connectivity index (χ3v) is 8.94. The number of nitrogens with one attached hydrogen (secondary N) is 1. The van der Waals surface area contributed by atoms with E-state index in [9.17, 15) is 14.4 Å². The molecule has 0 unspecified atom stereocenters. The monoisotopic (exact) mass is 491 g/mol. The van der Waals surface area contributed by atoms with E-state index in [2.05, 4.69) is 22.5 Å². The van der Waals surface area contributed by atoms with Crippen LogP contribution in [0.25, 0.3) is 10.2 Å². The molecule has 34 heavy (non-hydrogen) atoms. The summed E-state index contributed by atoms with van der Waals surface area (Å²) in [6, 6.07) is 12.6. The van der Waals surface area contributed by atoms with Crippen LogP contribution in [-0.4, -0.2) is 35.6 Å². The highest BCUT2D eigenvalue weighted by atomic mass is 32.2. The zero-order valence-electron chi connectivity index (χ0n) is 18.3. The maximum absolute atomic E-state index is 13.1. The Morgan fingerprint density at radius 1 is 1.12 bits per heavy atom. The number of nitrogens with zero attached hydrogens (tertiary/aromatic N) is 2. The molecule has 2 aromatic carbocycles. The molecule has 1 saturated heterocycles. The van der Waals surface area contributed by atoms with Crippen molar-refractivity contribution in [2.24, 2.45) is 23.7 Å². The molecule has 0 radical (unpaired) electrons. The van der Waals surface area contributed by atoms with Gasteiger partial charge in [-0.3, -0.25) is 14.4 Å². The Morgan fingerprint density at radius 3 is 2.50 bits per heavy atom. The van der Waals surface area contributed by atoms with Crippen LogP contribution in [0.1, 0.15) is 6.42 Å². The number of thioether (sulfide) groups is 1. The fourth-order valence-electron chi connectivity index (χ4n) is 5.25. The lowest BCUT2D eigenvalue weighted by Crippen LogP contribution is -2.32. The lowest BCUT2D eigenvalue weighted by atomic mass is 9.85. The highest BCUT2D eigenvalue weighted by molar-refractivity contribution is 8.01. The van der Waals surface area contributed by atoms with Gasteiger partial charge in [0.05, 0.1) is 40.6 Å². The number of carbonyl (C=O) groups excluding carboxylic acids is 3. The lowest BCUT2D eigenvalue weighted by molar-refractivity contribution is -0.123. The van der Waals surface area contributed by atoms with Crippen LogP contribution in [0.15, 0.2) is 59.0 Å². The quantitative estimate of drug-likeness (QED) is 0.313. The first-order valence-electron chi connectivity index (χ1n) is 11.1. The number of ether oxygens (including phenoxy) is 1. The molecule has 4 atom stereocenters. The van der Waals surface area contributed by atoms with Gasteiger partial charge in [-0.1, -0.05) is 23.9 Å². The minimum Gasteiger partial charge on any atom is -0.497 e. The van der Waals surface area contributed by atoms with E-state index >= 15 is 0 Å². The number of hydrogen-bond donors (Lipinski definition) is 1. The molecule has 3 aliphatic rings. The third-order valence-electron chi connectivity index (χ3n) is 6.78. The van der Waals surface area contributed by atoms with Crippen molar-refractivity contribution in [2.75, 3.05) is 23.1 Å². The van der Waals surface area contributed by atoms with E-state index in [-0.39, 0.29) is 47.1 Å². The number of rotatable bonds is 6. The van der Waals surface area contributed by atoms with Gasteiger partial charge in [0, 0.05) is 5.69 Å². The molecule has 2 bridgehead atoms. The second-order valence-electron chi connectivity index (χ2n) is 8.71. The van der Waals surface area contributed by atoms with Gasteiger partial charge in [0.15, 0.2) is 4.34 Å². The number of hydrogen-bond acceptors (Lipinski definition) is 7. The predicted octanol–water partition coefficient (Wildman–Crippen LogP) is 4.35. The van der Waals surface area contributed by atoms with E-state index in [0.717, 1.165) is 26.7 Å². The Morgan fingerprint density at radius 2 is 1.82 bits per heavy atom. The van der Waals surface area contributed by atoms with Crippen LogP contribution < -0.4 is 15.0 Å². The van der Waals surface area contributed by atoms with Gasteiger partial charge >= 0.3 is 0 Å². The Hall–Kier alpha value is -3.17. The number of allylic oxidation sites excluding steroid dienone is 2. The summed E-state index contributed by atoms with van der Waals surface area (Å²) < 4.78 is 6.77. The van der Waals surface area contributed by atoms with Crippen LogP contribution in [0.4, 0.5) is 11.4 Å². The van der Waals surface area contributed by atoms with E-state index in [1.54, 1.807) is 37.4 Å². The summed E-state index contributed by atoms with van der Waals surface area (Å²) in [5, 5.41) is 2.86. The van der Waals surface area contributed by atoms with Crippen molar-refractivity contribution in [3.05, 3.63) is 54.6 Å². The van der Waals surface area contributed by atoms with Crippen molar-refractivity contribution in [3.63, 3.8) is 0 Å². The summed E-state index contributed by atoms with van der Waals surface area (Å²) in [5.41, 5.74) is 2.09. The smallest absolute Gasteiger partial charge is 0.238 e. The average Bonchev–Trinajstić information content (AvgIpc) is 3.60. The van der Waals surface area contributed by atoms with Crippen molar-refractivity contribution in [2.45, 2.75) is 10.8 Å².